The zero-order valence-electron chi connectivity index (χ0n) is 10.9. The molecule has 0 fully saturated rings. The van der Waals surface area contributed by atoms with Gasteiger partial charge in [-0.05, 0) is 26.3 Å². The van der Waals surface area contributed by atoms with E-state index in [1.54, 1.807) is 6.07 Å². The molecule has 18 heavy (non-hydrogen) atoms. The lowest BCUT2D eigenvalue weighted by Gasteiger charge is -2.27. The van der Waals surface area contributed by atoms with E-state index in [9.17, 15) is 8.42 Å². The monoisotopic (exact) mass is 266 g/mol. The van der Waals surface area contributed by atoms with Crippen LogP contribution in [-0.4, -0.2) is 24.0 Å². The number of hydrogen-bond acceptors (Lipinski definition) is 3. The van der Waals surface area contributed by atoms with Crippen molar-refractivity contribution in [3.05, 3.63) is 35.9 Å². The third-order valence-electron chi connectivity index (χ3n) is 2.71. The Morgan fingerprint density at radius 3 is 2.22 bits per heavy atom. The largest absolute Gasteiger partial charge is 0.230 e. The maximum absolute atomic E-state index is 12.2. The Bertz CT molecular complexity index is 518. The van der Waals surface area contributed by atoms with E-state index in [2.05, 4.69) is 0 Å². The van der Waals surface area contributed by atoms with Gasteiger partial charge in [-0.15, -0.1) is 0 Å². The maximum Gasteiger partial charge on any atom is 0.230 e. The molecule has 0 aliphatic heterocycles. The van der Waals surface area contributed by atoms with Crippen LogP contribution in [0.3, 0.4) is 0 Å². The van der Waals surface area contributed by atoms with Crippen LogP contribution in [0.4, 0.5) is 0 Å². The van der Waals surface area contributed by atoms with E-state index in [1.807, 2.05) is 44.2 Å². The fraction of sp³-hybridized carbons (Fsp3) is 0.462. The van der Waals surface area contributed by atoms with Crippen molar-refractivity contribution < 1.29 is 8.42 Å². The van der Waals surface area contributed by atoms with Gasteiger partial charge in [-0.3, -0.25) is 0 Å². The Balaban J connectivity index is 3.03. The molecule has 1 rings (SSSR count). The molecule has 0 radical (unpaired) electrons. The van der Waals surface area contributed by atoms with Crippen molar-refractivity contribution >= 4 is 10.0 Å². The Hall–Kier alpha value is -1.38. The molecule has 0 aliphatic carbocycles. The lowest BCUT2D eigenvalue weighted by molar-refractivity contribution is 0.346. The van der Waals surface area contributed by atoms with Crippen LogP contribution < -0.4 is 0 Å². The van der Waals surface area contributed by atoms with Crippen LogP contribution in [0.5, 0.6) is 0 Å². The maximum atomic E-state index is 12.2. The second-order valence-electron chi connectivity index (χ2n) is 4.44. The molecule has 1 aromatic rings. The predicted molar refractivity (Wildman–Crippen MR) is 71.1 cm³/mol. The fourth-order valence-corrected chi connectivity index (χ4v) is 3.06. The molecule has 0 spiro atoms. The molecule has 0 bridgehead atoms. The predicted octanol–water partition coefficient (Wildman–Crippen LogP) is 2.14. The van der Waals surface area contributed by atoms with Gasteiger partial charge in [-0.25, -0.2) is 8.42 Å². The lowest BCUT2D eigenvalue weighted by atomic mass is 10.2. The normalized spacial score (nSPS) is 13.6. The second kappa shape index (κ2) is 5.98. The minimum Gasteiger partial charge on any atom is -0.211 e. The average molecular weight is 266 g/mol. The van der Waals surface area contributed by atoms with Gasteiger partial charge in [0.25, 0.3) is 0 Å². The van der Waals surface area contributed by atoms with Gasteiger partial charge >= 0.3 is 0 Å². The summed E-state index contributed by atoms with van der Waals surface area (Å²) in [6, 6.07) is 11.0. The van der Waals surface area contributed by atoms with Crippen molar-refractivity contribution in [2.24, 2.45) is 0 Å². The molecule has 0 aromatic heterocycles. The van der Waals surface area contributed by atoms with Gasteiger partial charge in [0, 0.05) is 12.6 Å². The standard InChI is InChI=1S/C13H18N2O2S/c1-11(2)15(18(16,17)12(3)9-14)10-13-7-5-4-6-8-13/h4-8,11-12H,10H2,1-3H3. The summed E-state index contributed by atoms with van der Waals surface area (Å²) in [4.78, 5) is 0. The smallest absolute Gasteiger partial charge is 0.211 e. The minimum absolute atomic E-state index is 0.175. The molecule has 0 heterocycles. The summed E-state index contributed by atoms with van der Waals surface area (Å²) in [5, 5.41) is 7.79. The topological polar surface area (TPSA) is 61.2 Å². The summed E-state index contributed by atoms with van der Waals surface area (Å²) in [5.74, 6) is 0. The molecule has 1 aromatic carbocycles. The van der Waals surface area contributed by atoms with E-state index in [0.717, 1.165) is 5.56 Å². The number of nitrogens with zero attached hydrogens (tertiary/aromatic N) is 2. The first-order valence-corrected chi connectivity index (χ1v) is 7.34. The molecule has 98 valence electrons. The summed E-state index contributed by atoms with van der Waals surface area (Å²) < 4.78 is 25.8. The number of hydrogen-bond donors (Lipinski definition) is 0. The molecule has 1 unspecified atom stereocenters. The highest BCUT2D eigenvalue weighted by Crippen LogP contribution is 2.16. The van der Waals surface area contributed by atoms with E-state index in [4.69, 9.17) is 5.26 Å². The van der Waals surface area contributed by atoms with Crippen molar-refractivity contribution in [1.29, 1.82) is 5.26 Å². The Morgan fingerprint density at radius 1 is 1.22 bits per heavy atom. The van der Waals surface area contributed by atoms with Crippen molar-refractivity contribution in [2.75, 3.05) is 0 Å². The Labute approximate surface area is 109 Å². The Morgan fingerprint density at radius 2 is 1.78 bits per heavy atom. The number of benzene rings is 1. The van der Waals surface area contributed by atoms with E-state index in [-0.39, 0.29) is 6.04 Å². The van der Waals surface area contributed by atoms with Gasteiger partial charge in [0.1, 0.15) is 0 Å². The number of rotatable bonds is 5. The van der Waals surface area contributed by atoms with Crippen LogP contribution in [0.1, 0.15) is 26.3 Å². The SMILES string of the molecule is CC(C)N(Cc1ccccc1)S(=O)(=O)C(C)C#N. The van der Waals surface area contributed by atoms with Crippen LogP contribution in [0.2, 0.25) is 0 Å². The van der Waals surface area contributed by atoms with E-state index in [0.29, 0.717) is 6.54 Å². The molecule has 0 N–H and O–H groups in total. The van der Waals surface area contributed by atoms with Crippen molar-refractivity contribution in [1.82, 2.24) is 4.31 Å². The van der Waals surface area contributed by atoms with Crippen LogP contribution in [-0.2, 0) is 16.6 Å². The third kappa shape index (κ3) is 3.31. The number of nitriles is 1. The molecule has 1 atom stereocenters. The van der Waals surface area contributed by atoms with Crippen molar-refractivity contribution in [2.45, 2.75) is 38.6 Å². The summed E-state index contributed by atoms with van der Waals surface area (Å²) in [6.07, 6.45) is 0. The van der Waals surface area contributed by atoms with E-state index < -0.39 is 15.3 Å². The third-order valence-corrected chi connectivity index (χ3v) is 4.92. The molecule has 0 saturated heterocycles. The van der Waals surface area contributed by atoms with Crippen LogP contribution in [0, 0.1) is 11.3 Å². The average Bonchev–Trinajstić information content (AvgIpc) is 2.35. The van der Waals surface area contributed by atoms with Gasteiger partial charge in [0.15, 0.2) is 5.25 Å². The highest BCUT2D eigenvalue weighted by molar-refractivity contribution is 7.89. The van der Waals surface area contributed by atoms with Crippen LogP contribution in [0.25, 0.3) is 0 Å². The zero-order chi connectivity index (χ0) is 13.8. The molecule has 0 saturated carbocycles. The van der Waals surface area contributed by atoms with Gasteiger partial charge in [0.2, 0.25) is 10.0 Å². The van der Waals surface area contributed by atoms with Gasteiger partial charge in [0.05, 0.1) is 6.07 Å². The molecular formula is C13H18N2O2S. The summed E-state index contributed by atoms with van der Waals surface area (Å²) in [7, 11) is -3.58. The highest BCUT2D eigenvalue weighted by Gasteiger charge is 2.30. The fourth-order valence-electron chi connectivity index (χ4n) is 1.60. The quantitative estimate of drug-likeness (QED) is 0.820. The Kier molecular flexibility index (Phi) is 4.88. The molecule has 4 nitrogen and oxygen atoms in total. The zero-order valence-corrected chi connectivity index (χ0v) is 11.7. The number of sulfonamides is 1. The van der Waals surface area contributed by atoms with Crippen LogP contribution >= 0.6 is 0 Å². The molecule has 5 heteroatoms. The molecule has 0 aliphatic rings. The van der Waals surface area contributed by atoms with E-state index in [1.165, 1.54) is 11.2 Å². The summed E-state index contributed by atoms with van der Waals surface area (Å²) in [5.41, 5.74) is 0.917. The molecular weight excluding hydrogens is 248 g/mol. The second-order valence-corrected chi connectivity index (χ2v) is 6.65. The first-order valence-electron chi connectivity index (χ1n) is 5.83. The highest BCUT2D eigenvalue weighted by atomic mass is 32.2. The van der Waals surface area contributed by atoms with Crippen molar-refractivity contribution in [3.63, 3.8) is 0 Å². The van der Waals surface area contributed by atoms with Crippen molar-refractivity contribution in [3.8, 4) is 6.07 Å². The lowest BCUT2D eigenvalue weighted by Crippen LogP contribution is -2.41. The van der Waals surface area contributed by atoms with Crippen LogP contribution in [0.15, 0.2) is 30.3 Å². The first-order chi connectivity index (χ1) is 8.39. The summed E-state index contributed by atoms with van der Waals surface area (Å²) in [6.45, 7) is 5.33. The van der Waals surface area contributed by atoms with Gasteiger partial charge < -0.3 is 0 Å². The van der Waals surface area contributed by atoms with Gasteiger partial charge in [-0.1, -0.05) is 30.3 Å². The summed E-state index contributed by atoms with van der Waals surface area (Å²) >= 11 is 0. The van der Waals surface area contributed by atoms with Gasteiger partial charge in [-0.2, -0.15) is 9.57 Å². The van der Waals surface area contributed by atoms with E-state index >= 15 is 0 Å². The minimum atomic E-state index is -3.58. The first kappa shape index (κ1) is 14.7. The molecule has 0 amide bonds.